The van der Waals surface area contributed by atoms with Gasteiger partial charge in [-0.05, 0) is 44.8 Å². The van der Waals surface area contributed by atoms with E-state index in [9.17, 15) is 0 Å². The van der Waals surface area contributed by atoms with E-state index in [-0.39, 0.29) is 24.0 Å². The first-order chi connectivity index (χ1) is 12.3. The quantitative estimate of drug-likeness (QED) is 0.378. The lowest BCUT2D eigenvalue weighted by Crippen LogP contribution is -2.45. The van der Waals surface area contributed by atoms with E-state index in [1.54, 1.807) is 7.11 Å². The fourth-order valence-corrected chi connectivity index (χ4v) is 4.08. The molecule has 2 N–H and O–H groups in total. The van der Waals surface area contributed by atoms with Crippen molar-refractivity contribution in [3.63, 3.8) is 0 Å². The molecule has 1 aromatic carbocycles. The summed E-state index contributed by atoms with van der Waals surface area (Å²) in [5, 5.41) is 7.15. The van der Waals surface area contributed by atoms with Gasteiger partial charge >= 0.3 is 0 Å². The molecule has 1 aromatic rings. The molecule has 1 atom stereocenters. The molecule has 3 rings (SSSR count). The molecule has 0 aromatic heterocycles. The van der Waals surface area contributed by atoms with Gasteiger partial charge < -0.3 is 15.4 Å². The topological polar surface area (TPSA) is 48.9 Å². The van der Waals surface area contributed by atoms with Crippen LogP contribution in [0.1, 0.15) is 50.1 Å². The smallest absolute Gasteiger partial charge is 0.191 e. The summed E-state index contributed by atoms with van der Waals surface area (Å²) in [6.45, 7) is 3.14. The van der Waals surface area contributed by atoms with E-state index in [0.717, 1.165) is 31.3 Å². The van der Waals surface area contributed by atoms with Crippen LogP contribution in [0.2, 0.25) is 0 Å². The number of hydrogen-bond acceptors (Lipinski definition) is 3. The molecule has 6 heteroatoms. The van der Waals surface area contributed by atoms with Crippen molar-refractivity contribution in [2.24, 2.45) is 4.99 Å². The molecule has 1 aliphatic heterocycles. The van der Waals surface area contributed by atoms with Crippen LogP contribution in [-0.2, 0) is 0 Å². The van der Waals surface area contributed by atoms with E-state index in [2.05, 4.69) is 38.7 Å². The van der Waals surface area contributed by atoms with Crippen LogP contribution in [0.3, 0.4) is 0 Å². The van der Waals surface area contributed by atoms with Crippen LogP contribution in [0.15, 0.2) is 29.3 Å². The SMILES string of the molecule is CN=C(NCC(c1ccccc1OC)N1CCCC1)NC1CCCC1.I. The van der Waals surface area contributed by atoms with Gasteiger partial charge in [-0.15, -0.1) is 24.0 Å². The number of methoxy groups -OCH3 is 1. The van der Waals surface area contributed by atoms with Gasteiger partial charge in [0.2, 0.25) is 0 Å². The molecule has 1 saturated carbocycles. The van der Waals surface area contributed by atoms with Crippen molar-refractivity contribution in [1.29, 1.82) is 0 Å². The van der Waals surface area contributed by atoms with Gasteiger partial charge in [0.15, 0.2) is 5.96 Å². The molecule has 0 spiro atoms. The third kappa shape index (κ3) is 5.49. The van der Waals surface area contributed by atoms with E-state index >= 15 is 0 Å². The summed E-state index contributed by atoms with van der Waals surface area (Å²) in [5.41, 5.74) is 1.26. The number of halogens is 1. The molecule has 2 fully saturated rings. The summed E-state index contributed by atoms with van der Waals surface area (Å²) >= 11 is 0. The Balaban J connectivity index is 0.00000243. The lowest BCUT2D eigenvalue weighted by atomic mass is 10.0. The Kier molecular flexibility index (Phi) is 8.98. The minimum absolute atomic E-state index is 0. The Hall–Kier alpha value is -1.02. The molecule has 1 heterocycles. The molecule has 5 nitrogen and oxygen atoms in total. The molecule has 1 saturated heterocycles. The van der Waals surface area contributed by atoms with Gasteiger partial charge in [-0.2, -0.15) is 0 Å². The van der Waals surface area contributed by atoms with Crippen LogP contribution in [0, 0.1) is 0 Å². The molecule has 1 aliphatic carbocycles. The number of nitrogens with one attached hydrogen (secondary N) is 2. The highest BCUT2D eigenvalue weighted by Crippen LogP contribution is 2.31. The predicted molar refractivity (Wildman–Crippen MR) is 119 cm³/mol. The Morgan fingerprint density at radius 3 is 2.54 bits per heavy atom. The Labute approximate surface area is 175 Å². The van der Waals surface area contributed by atoms with Crippen molar-refractivity contribution >= 4 is 29.9 Å². The van der Waals surface area contributed by atoms with Crippen molar-refractivity contribution in [3.8, 4) is 5.75 Å². The van der Waals surface area contributed by atoms with Crippen LogP contribution in [0.5, 0.6) is 5.75 Å². The lowest BCUT2D eigenvalue weighted by Gasteiger charge is -2.30. The summed E-state index contributed by atoms with van der Waals surface area (Å²) in [7, 11) is 3.62. The first kappa shape index (κ1) is 21.3. The Morgan fingerprint density at radius 2 is 1.88 bits per heavy atom. The number of rotatable bonds is 6. The predicted octanol–water partition coefficient (Wildman–Crippen LogP) is 3.56. The summed E-state index contributed by atoms with van der Waals surface area (Å²) < 4.78 is 5.63. The molecular formula is C20H33IN4O. The number of benzene rings is 1. The van der Waals surface area contributed by atoms with Crippen LogP contribution >= 0.6 is 24.0 Å². The maximum Gasteiger partial charge on any atom is 0.191 e. The molecule has 2 aliphatic rings. The van der Waals surface area contributed by atoms with Crippen molar-refractivity contribution in [2.75, 3.05) is 33.8 Å². The van der Waals surface area contributed by atoms with E-state index < -0.39 is 0 Å². The van der Waals surface area contributed by atoms with Gasteiger partial charge in [0.25, 0.3) is 0 Å². The first-order valence-electron chi connectivity index (χ1n) is 9.66. The van der Waals surface area contributed by atoms with Crippen molar-refractivity contribution in [3.05, 3.63) is 29.8 Å². The molecule has 0 bridgehead atoms. The molecule has 1 unspecified atom stereocenters. The molecule has 26 heavy (non-hydrogen) atoms. The number of likely N-dealkylation sites (tertiary alicyclic amines) is 1. The second-order valence-electron chi connectivity index (χ2n) is 7.08. The highest BCUT2D eigenvalue weighted by atomic mass is 127. The van der Waals surface area contributed by atoms with Crippen molar-refractivity contribution in [2.45, 2.75) is 50.6 Å². The third-order valence-corrected chi connectivity index (χ3v) is 5.46. The maximum atomic E-state index is 5.63. The van der Waals surface area contributed by atoms with Crippen LogP contribution in [0.4, 0.5) is 0 Å². The van der Waals surface area contributed by atoms with E-state index in [1.807, 2.05) is 13.1 Å². The van der Waals surface area contributed by atoms with Crippen LogP contribution in [-0.4, -0.2) is 50.7 Å². The number of ether oxygens (including phenoxy) is 1. The Morgan fingerprint density at radius 1 is 1.19 bits per heavy atom. The number of para-hydroxylation sites is 1. The average molecular weight is 472 g/mol. The zero-order valence-electron chi connectivity index (χ0n) is 16.0. The van der Waals surface area contributed by atoms with Gasteiger partial charge in [-0.3, -0.25) is 9.89 Å². The minimum Gasteiger partial charge on any atom is -0.496 e. The van der Waals surface area contributed by atoms with Gasteiger partial charge in [0.1, 0.15) is 5.75 Å². The number of guanidine groups is 1. The van der Waals surface area contributed by atoms with Crippen LogP contribution < -0.4 is 15.4 Å². The summed E-state index contributed by atoms with van der Waals surface area (Å²) in [6.07, 6.45) is 7.71. The fourth-order valence-electron chi connectivity index (χ4n) is 4.08. The minimum atomic E-state index is 0. The number of nitrogens with zero attached hydrogens (tertiary/aromatic N) is 2. The Bertz CT molecular complexity index is 569. The van der Waals surface area contributed by atoms with E-state index in [0.29, 0.717) is 12.1 Å². The molecule has 0 amide bonds. The standard InChI is InChI=1S/C20H32N4O.HI/c1-21-20(23-16-9-3-4-10-16)22-15-18(24-13-7-8-14-24)17-11-5-6-12-19(17)25-2;/h5-6,11-12,16,18H,3-4,7-10,13-15H2,1-2H3,(H2,21,22,23);1H. The summed E-state index contributed by atoms with van der Waals surface area (Å²) in [4.78, 5) is 6.99. The van der Waals surface area contributed by atoms with Gasteiger partial charge in [-0.1, -0.05) is 31.0 Å². The van der Waals surface area contributed by atoms with Gasteiger partial charge in [-0.25, -0.2) is 0 Å². The van der Waals surface area contributed by atoms with Crippen LogP contribution in [0.25, 0.3) is 0 Å². The summed E-state index contributed by atoms with van der Waals surface area (Å²) in [6, 6.07) is 9.27. The van der Waals surface area contributed by atoms with Crippen molar-refractivity contribution < 1.29 is 4.74 Å². The number of hydrogen-bond donors (Lipinski definition) is 2. The largest absolute Gasteiger partial charge is 0.496 e. The second-order valence-corrected chi connectivity index (χ2v) is 7.08. The fraction of sp³-hybridized carbons (Fsp3) is 0.650. The third-order valence-electron chi connectivity index (χ3n) is 5.46. The maximum absolute atomic E-state index is 5.63. The molecule has 146 valence electrons. The lowest BCUT2D eigenvalue weighted by molar-refractivity contribution is 0.239. The van der Waals surface area contributed by atoms with E-state index in [4.69, 9.17) is 4.74 Å². The zero-order chi connectivity index (χ0) is 17.5. The first-order valence-corrected chi connectivity index (χ1v) is 9.66. The normalized spacial score (nSPS) is 19.8. The number of aliphatic imine (C=N–C) groups is 1. The summed E-state index contributed by atoms with van der Waals surface area (Å²) in [5.74, 6) is 1.89. The molecular weight excluding hydrogens is 439 g/mol. The average Bonchev–Trinajstić information content (AvgIpc) is 3.35. The van der Waals surface area contributed by atoms with Gasteiger partial charge in [0, 0.05) is 25.2 Å². The van der Waals surface area contributed by atoms with Gasteiger partial charge in [0.05, 0.1) is 13.2 Å². The highest BCUT2D eigenvalue weighted by molar-refractivity contribution is 14.0. The molecule has 0 radical (unpaired) electrons. The second kappa shape index (κ2) is 11.0. The zero-order valence-corrected chi connectivity index (χ0v) is 18.4. The highest BCUT2D eigenvalue weighted by Gasteiger charge is 2.26. The van der Waals surface area contributed by atoms with Crippen molar-refractivity contribution in [1.82, 2.24) is 15.5 Å². The van der Waals surface area contributed by atoms with E-state index in [1.165, 1.54) is 44.1 Å². The monoisotopic (exact) mass is 472 g/mol.